The molecule has 0 saturated heterocycles. The van der Waals surface area contributed by atoms with Crippen molar-refractivity contribution in [1.82, 2.24) is 0 Å². The van der Waals surface area contributed by atoms with Gasteiger partial charge in [-0.15, -0.1) is 0 Å². The molecule has 42 heavy (non-hydrogen) atoms. The summed E-state index contributed by atoms with van der Waals surface area (Å²) >= 11 is 6.17. The molecule has 0 bridgehead atoms. The first-order valence-corrected chi connectivity index (χ1v) is 14.0. The molecule has 1 heterocycles. The third-order valence-electron chi connectivity index (χ3n) is 7.09. The molecule has 0 atom stereocenters. The maximum atomic E-state index is 12.6. The quantitative estimate of drug-likeness (QED) is 0.192. The van der Waals surface area contributed by atoms with Gasteiger partial charge in [-0.2, -0.15) is 0 Å². The Bertz CT molecular complexity index is 1660. The summed E-state index contributed by atoms with van der Waals surface area (Å²) in [5, 5.41) is 10.3. The van der Waals surface area contributed by atoms with E-state index in [0.29, 0.717) is 28.8 Å². The van der Waals surface area contributed by atoms with Gasteiger partial charge in [0.25, 0.3) is 0 Å². The Hall–Kier alpha value is -4.62. The SMILES string of the molecule is COc1ccccc1NCc1c(-c2ccc(OC(=O)Nc3ccccc3Cl)cc2OC)ccc2c1C(C)=CC(C)(C)N2. The Morgan fingerprint density at radius 3 is 2.31 bits per heavy atom. The number of amides is 1. The van der Waals surface area contributed by atoms with Crippen molar-refractivity contribution in [2.24, 2.45) is 0 Å². The number of hydrogen-bond acceptors (Lipinski definition) is 6. The number of halogens is 1. The van der Waals surface area contributed by atoms with Gasteiger partial charge < -0.3 is 24.8 Å². The van der Waals surface area contributed by atoms with Crippen molar-refractivity contribution in [3.05, 3.63) is 101 Å². The van der Waals surface area contributed by atoms with Crippen LogP contribution in [0, 0.1) is 0 Å². The van der Waals surface area contributed by atoms with Crippen LogP contribution < -0.4 is 30.2 Å². The van der Waals surface area contributed by atoms with E-state index in [-0.39, 0.29) is 5.54 Å². The number of ether oxygens (including phenoxy) is 3. The van der Waals surface area contributed by atoms with Gasteiger partial charge in [0.15, 0.2) is 0 Å². The number of hydrogen-bond donors (Lipinski definition) is 3. The third-order valence-corrected chi connectivity index (χ3v) is 7.42. The second-order valence-corrected chi connectivity index (χ2v) is 11.0. The average molecular weight is 584 g/mol. The average Bonchev–Trinajstić information content (AvgIpc) is 2.96. The van der Waals surface area contributed by atoms with E-state index in [0.717, 1.165) is 39.4 Å². The van der Waals surface area contributed by atoms with Crippen LogP contribution in [0.25, 0.3) is 16.7 Å². The highest BCUT2D eigenvalue weighted by molar-refractivity contribution is 6.33. The second kappa shape index (κ2) is 12.1. The molecule has 0 fully saturated rings. The summed E-state index contributed by atoms with van der Waals surface area (Å²) in [7, 11) is 3.27. The van der Waals surface area contributed by atoms with Gasteiger partial charge in [-0.3, -0.25) is 5.32 Å². The summed E-state index contributed by atoms with van der Waals surface area (Å²) in [5.41, 5.74) is 7.53. The normalized spacial score (nSPS) is 13.2. The monoisotopic (exact) mass is 583 g/mol. The van der Waals surface area contributed by atoms with Crippen LogP contribution in [-0.2, 0) is 6.54 Å². The minimum atomic E-state index is -0.650. The van der Waals surface area contributed by atoms with Gasteiger partial charge in [-0.05, 0) is 79.9 Å². The van der Waals surface area contributed by atoms with Crippen LogP contribution in [0.15, 0.2) is 84.9 Å². The van der Waals surface area contributed by atoms with E-state index in [9.17, 15) is 4.79 Å². The summed E-state index contributed by atoms with van der Waals surface area (Å²) in [4.78, 5) is 12.6. The van der Waals surface area contributed by atoms with E-state index in [1.54, 1.807) is 50.6 Å². The summed E-state index contributed by atoms with van der Waals surface area (Å²) < 4.78 is 17.0. The number of methoxy groups -OCH3 is 2. The van der Waals surface area contributed by atoms with E-state index < -0.39 is 6.09 Å². The van der Waals surface area contributed by atoms with Crippen molar-refractivity contribution in [1.29, 1.82) is 0 Å². The van der Waals surface area contributed by atoms with Gasteiger partial charge in [0.05, 0.1) is 36.2 Å². The zero-order valence-corrected chi connectivity index (χ0v) is 25.1. The van der Waals surface area contributed by atoms with Crippen molar-refractivity contribution in [3.8, 4) is 28.4 Å². The second-order valence-electron chi connectivity index (χ2n) is 10.6. The standard InChI is InChI=1S/C34H34ClN3O4/c1-21-19-34(2,3)38-29-17-16-23(25(32(21)29)20-36-28-12-8-9-13-30(28)40-4)24-15-14-22(18-31(24)41-5)42-33(39)37-27-11-7-6-10-26(27)35/h6-19,36,38H,20H2,1-5H3,(H,37,39). The number of nitrogens with one attached hydrogen (secondary N) is 3. The minimum Gasteiger partial charge on any atom is -0.496 e. The van der Waals surface area contributed by atoms with Gasteiger partial charge in [0, 0.05) is 29.4 Å². The van der Waals surface area contributed by atoms with E-state index >= 15 is 0 Å². The van der Waals surface area contributed by atoms with Gasteiger partial charge in [0.2, 0.25) is 0 Å². The van der Waals surface area contributed by atoms with Crippen molar-refractivity contribution < 1.29 is 19.0 Å². The number of allylic oxidation sites excluding steroid dienone is 1. The van der Waals surface area contributed by atoms with Gasteiger partial charge in [0.1, 0.15) is 17.2 Å². The number of anilines is 3. The number of carbonyl (C=O) groups excluding carboxylic acids is 1. The Balaban J connectivity index is 1.51. The first kappa shape index (κ1) is 28.9. The Morgan fingerprint density at radius 1 is 0.881 bits per heavy atom. The highest BCUT2D eigenvalue weighted by Gasteiger charge is 2.27. The molecular weight excluding hydrogens is 550 g/mol. The van der Waals surface area contributed by atoms with E-state index in [1.165, 1.54) is 5.57 Å². The molecule has 0 radical (unpaired) electrons. The molecule has 3 N–H and O–H groups in total. The van der Waals surface area contributed by atoms with E-state index in [1.807, 2.05) is 30.3 Å². The number of para-hydroxylation sites is 3. The predicted octanol–water partition coefficient (Wildman–Crippen LogP) is 8.85. The molecule has 216 valence electrons. The lowest BCUT2D eigenvalue weighted by Crippen LogP contribution is -2.32. The summed E-state index contributed by atoms with van der Waals surface area (Å²) in [5.74, 6) is 1.68. The van der Waals surface area contributed by atoms with Gasteiger partial charge in [-0.1, -0.05) is 48.0 Å². The van der Waals surface area contributed by atoms with E-state index in [4.69, 9.17) is 25.8 Å². The van der Waals surface area contributed by atoms with E-state index in [2.05, 4.69) is 54.9 Å². The number of carbonyl (C=O) groups is 1. The zero-order valence-electron chi connectivity index (χ0n) is 24.3. The first-order valence-electron chi connectivity index (χ1n) is 13.6. The van der Waals surface area contributed by atoms with Crippen LogP contribution in [0.4, 0.5) is 21.9 Å². The molecular formula is C34H34ClN3O4. The molecule has 0 aromatic heterocycles. The van der Waals surface area contributed by atoms with Crippen LogP contribution in [0.1, 0.15) is 31.9 Å². The molecule has 8 heteroatoms. The Kier molecular flexibility index (Phi) is 8.31. The fraction of sp³-hybridized carbons (Fsp3) is 0.206. The highest BCUT2D eigenvalue weighted by atomic mass is 35.5. The smallest absolute Gasteiger partial charge is 0.417 e. The summed E-state index contributed by atoms with van der Waals surface area (Å²) in [6.45, 7) is 6.99. The molecule has 0 saturated carbocycles. The zero-order chi connectivity index (χ0) is 29.9. The summed E-state index contributed by atoms with van der Waals surface area (Å²) in [6, 6.07) is 24.4. The number of fused-ring (bicyclic) bond motifs is 1. The molecule has 0 spiro atoms. The molecule has 1 aliphatic rings. The molecule has 4 aromatic rings. The lowest BCUT2D eigenvalue weighted by atomic mass is 9.85. The molecule has 4 aromatic carbocycles. The molecule has 0 aliphatic carbocycles. The van der Waals surface area contributed by atoms with Crippen LogP contribution >= 0.6 is 11.6 Å². The first-order chi connectivity index (χ1) is 20.2. The Labute approximate surface area is 251 Å². The van der Waals surface area contributed by atoms with Crippen LogP contribution in [0.2, 0.25) is 5.02 Å². The fourth-order valence-electron chi connectivity index (χ4n) is 5.37. The highest BCUT2D eigenvalue weighted by Crippen LogP contribution is 2.43. The third kappa shape index (κ3) is 6.16. The number of benzene rings is 4. The topological polar surface area (TPSA) is 80.9 Å². The van der Waals surface area contributed by atoms with Crippen molar-refractivity contribution in [3.63, 3.8) is 0 Å². The Morgan fingerprint density at radius 2 is 1.57 bits per heavy atom. The van der Waals surface area contributed by atoms with Crippen molar-refractivity contribution in [2.75, 3.05) is 30.2 Å². The number of rotatable bonds is 8. The lowest BCUT2D eigenvalue weighted by Gasteiger charge is -2.33. The largest absolute Gasteiger partial charge is 0.496 e. The van der Waals surface area contributed by atoms with Crippen molar-refractivity contribution >= 4 is 40.3 Å². The lowest BCUT2D eigenvalue weighted by molar-refractivity contribution is 0.215. The molecule has 1 amide bonds. The fourth-order valence-corrected chi connectivity index (χ4v) is 5.55. The maximum absolute atomic E-state index is 12.6. The van der Waals surface area contributed by atoms with Crippen molar-refractivity contribution in [2.45, 2.75) is 32.9 Å². The van der Waals surface area contributed by atoms with Gasteiger partial charge >= 0.3 is 6.09 Å². The minimum absolute atomic E-state index is 0.173. The molecule has 5 rings (SSSR count). The summed E-state index contributed by atoms with van der Waals surface area (Å²) in [6.07, 6.45) is 1.60. The molecule has 0 unspecified atom stereocenters. The molecule has 1 aliphatic heterocycles. The van der Waals surface area contributed by atoms with Gasteiger partial charge in [-0.25, -0.2) is 4.79 Å². The predicted molar refractivity (Wildman–Crippen MR) is 171 cm³/mol. The maximum Gasteiger partial charge on any atom is 0.417 e. The van der Waals surface area contributed by atoms with Crippen LogP contribution in [-0.4, -0.2) is 25.9 Å². The molecule has 7 nitrogen and oxygen atoms in total. The van der Waals surface area contributed by atoms with Crippen LogP contribution in [0.3, 0.4) is 0 Å². The van der Waals surface area contributed by atoms with Crippen LogP contribution in [0.5, 0.6) is 17.2 Å².